The van der Waals surface area contributed by atoms with Crippen LogP contribution in [0.3, 0.4) is 0 Å². The normalized spacial score (nSPS) is 12.4. The molecule has 0 heterocycles. The van der Waals surface area contributed by atoms with E-state index in [2.05, 4.69) is 0 Å². The fourth-order valence-electron chi connectivity index (χ4n) is 1.87. The van der Waals surface area contributed by atoms with Crippen LogP contribution in [0.4, 0.5) is 0 Å². The summed E-state index contributed by atoms with van der Waals surface area (Å²) in [5.41, 5.74) is 6.13. The SMILES string of the molecule is CCN(CC(C)C)S(=O)(=O)c1cc(CN)c(Cl)cc1Cl. The summed E-state index contributed by atoms with van der Waals surface area (Å²) in [5.74, 6) is 0.227. The Morgan fingerprint density at radius 2 is 1.85 bits per heavy atom. The van der Waals surface area contributed by atoms with E-state index in [4.69, 9.17) is 28.9 Å². The molecule has 20 heavy (non-hydrogen) atoms. The van der Waals surface area contributed by atoms with Gasteiger partial charge in [0.25, 0.3) is 0 Å². The molecule has 0 aliphatic carbocycles. The average Bonchev–Trinajstić information content (AvgIpc) is 2.35. The van der Waals surface area contributed by atoms with E-state index >= 15 is 0 Å². The van der Waals surface area contributed by atoms with Gasteiger partial charge in [-0.05, 0) is 23.6 Å². The van der Waals surface area contributed by atoms with E-state index in [0.717, 1.165) is 0 Å². The molecule has 1 aromatic rings. The van der Waals surface area contributed by atoms with Crippen molar-refractivity contribution >= 4 is 33.2 Å². The van der Waals surface area contributed by atoms with Crippen LogP contribution in [0.25, 0.3) is 0 Å². The predicted molar refractivity (Wildman–Crippen MR) is 83.6 cm³/mol. The highest BCUT2D eigenvalue weighted by Crippen LogP contribution is 2.30. The number of hydrogen-bond donors (Lipinski definition) is 1. The molecule has 114 valence electrons. The van der Waals surface area contributed by atoms with Crippen LogP contribution in [-0.4, -0.2) is 25.8 Å². The van der Waals surface area contributed by atoms with Gasteiger partial charge in [-0.1, -0.05) is 44.0 Å². The van der Waals surface area contributed by atoms with Crippen molar-refractivity contribution in [2.45, 2.75) is 32.2 Å². The van der Waals surface area contributed by atoms with Crippen LogP contribution in [0, 0.1) is 5.92 Å². The van der Waals surface area contributed by atoms with Crippen molar-refractivity contribution in [2.75, 3.05) is 13.1 Å². The van der Waals surface area contributed by atoms with Gasteiger partial charge in [0.2, 0.25) is 10.0 Å². The Morgan fingerprint density at radius 3 is 2.30 bits per heavy atom. The fourth-order valence-corrected chi connectivity index (χ4v) is 4.33. The number of nitrogens with two attached hydrogens (primary N) is 1. The smallest absolute Gasteiger partial charge is 0.244 e. The van der Waals surface area contributed by atoms with Gasteiger partial charge in [-0.2, -0.15) is 4.31 Å². The van der Waals surface area contributed by atoms with Gasteiger partial charge in [0.1, 0.15) is 4.90 Å². The Morgan fingerprint density at radius 1 is 1.25 bits per heavy atom. The van der Waals surface area contributed by atoms with Crippen molar-refractivity contribution in [3.05, 3.63) is 27.7 Å². The number of benzene rings is 1. The molecule has 0 aromatic heterocycles. The molecule has 2 N–H and O–H groups in total. The topological polar surface area (TPSA) is 63.4 Å². The lowest BCUT2D eigenvalue weighted by Gasteiger charge is -2.23. The Labute approximate surface area is 130 Å². The molecular weight excluding hydrogens is 319 g/mol. The number of halogens is 2. The standard InChI is InChI=1S/C13H20Cl2N2O2S/c1-4-17(8-9(2)3)20(18,19)13-5-10(7-16)11(14)6-12(13)15/h5-6,9H,4,7-8,16H2,1-3H3. The lowest BCUT2D eigenvalue weighted by atomic mass is 10.2. The summed E-state index contributed by atoms with van der Waals surface area (Å²) in [4.78, 5) is 0.0616. The zero-order valence-corrected chi connectivity index (χ0v) is 14.2. The highest BCUT2D eigenvalue weighted by Gasteiger charge is 2.27. The summed E-state index contributed by atoms with van der Waals surface area (Å²) < 4.78 is 26.7. The van der Waals surface area contributed by atoms with Crippen LogP contribution in [0.1, 0.15) is 26.3 Å². The summed E-state index contributed by atoms with van der Waals surface area (Å²) in [6.45, 7) is 6.72. The molecule has 0 spiro atoms. The van der Waals surface area contributed by atoms with Gasteiger partial charge < -0.3 is 5.73 Å². The van der Waals surface area contributed by atoms with Crippen molar-refractivity contribution in [1.29, 1.82) is 0 Å². The van der Waals surface area contributed by atoms with E-state index in [1.54, 1.807) is 6.92 Å². The molecule has 0 fully saturated rings. The van der Waals surface area contributed by atoms with Gasteiger partial charge in [-0.25, -0.2) is 8.42 Å². The first kappa shape index (κ1) is 17.7. The van der Waals surface area contributed by atoms with Gasteiger partial charge in [0.15, 0.2) is 0 Å². The highest BCUT2D eigenvalue weighted by molar-refractivity contribution is 7.89. The minimum Gasteiger partial charge on any atom is -0.326 e. The van der Waals surface area contributed by atoms with Crippen LogP contribution in [0.2, 0.25) is 10.0 Å². The van der Waals surface area contributed by atoms with Crippen LogP contribution in [0.15, 0.2) is 17.0 Å². The van der Waals surface area contributed by atoms with Gasteiger partial charge >= 0.3 is 0 Å². The first-order valence-corrected chi connectivity index (χ1v) is 8.61. The van der Waals surface area contributed by atoms with E-state index < -0.39 is 10.0 Å². The number of sulfonamides is 1. The third-order valence-corrected chi connectivity index (χ3v) is 5.62. The summed E-state index contributed by atoms with van der Waals surface area (Å²) in [7, 11) is -3.64. The van der Waals surface area contributed by atoms with Crippen molar-refractivity contribution in [3.8, 4) is 0 Å². The maximum atomic E-state index is 12.7. The Kier molecular flexibility index (Phi) is 6.28. The zero-order chi connectivity index (χ0) is 15.5. The lowest BCUT2D eigenvalue weighted by molar-refractivity contribution is 0.381. The lowest BCUT2D eigenvalue weighted by Crippen LogP contribution is -2.34. The Hall–Kier alpha value is -0.330. The van der Waals surface area contributed by atoms with E-state index in [1.165, 1.54) is 16.4 Å². The molecule has 0 bridgehead atoms. The van der Waals surface area contributed by atoms with Crippen molar-refractivity contribution in [2.24, 2.45) is 11.7 Å². The van der Waals surface area contributed by atoms with Crippen LogP contribution in [0.5, 0.6) is 0 Å². The molecule has 0 radical (unpaired) electrons. The minimum absolute atomic E-state index is 0.0616. The van der Waals surface area contributed by atoms with Crippen LogP contribution < -0.4 is 5.73 Å². The second-order valence-electron chi connectivity index (χ2n) is 4.93. The fraction of sp³-hybridized carbons (Fsp3) is 0.538. The van der Waals surface area contributed by atoms with Crippen molar-refractivity contribution < 1.29 is 8.42 Å². The second-order valence-corrected chi connectivity index (χ2v) is 7.65. The van der Waals surface area contributed by atoms with Crippen LogP contribution >= 0.6 is 23.2 Å². The number of nitrogens with zero attached hydrogens (tertiary/aromatic N) is 1. The molecule has 0 amide bonds. The Balaban J connectivity index is 3.33. The minimum atomic E-state index is -3.64. The third kappa shape index (κ3) is 3.86. The molecular formula is C13H20Cl2N2O2S. The summed E-state index contributed by atoms with van der Waals surface area (Å²) >= 11 is 12.0. The summed E-state index contributed by atoms with van der Waals surface area (Å²) in [6.07, 6.45) is 0. The Bertz CT molecular complexity index is 574. The average molecular weight is 339 g/mol. The second kappa shape index (κ2) is 7.09. The number of hydrogen-bond acceptors (Lipinski definition) is 3. The van der Waals surface area contributed by atoms with E-state index in [9.17, 15) is 8.42 Å². The molecule has 0 saturated heterocycles. The predicted octanol–water partition coefficient (Wildman–Crippen LogP) is 3.12. The maximum absolute atomic E-state index is 12.7. The summed E-state index contributed by atoms with van der Waals surface area (Å²) in [6, 6.07) is 2.89. The monoisotopic (exact) mass is 338 g/mol. The van der Waals surface area contributed by atoms with Gasteiger partial charge in [-0.15, -0.1) is 0 Å². The maximum Gasteiger partial charge on any atom is 0.244 e. The first-order chi connectivity index (χ1) is 9.23. The van der Waals surface area contributed by atoms with Gasteiger partial charge in [-0.3, -0.25) is 0 Å². The summed E-state index contributed by atoms with van der Waals surface area (Å²) in [5, 5.41) is 0.498. The molecule has 0 atom stereocenters. The van der Waals surface area contributed by atoms with Crippen molar-refractivity contribution in [3.63, 3.8) is 0 Å². The van der Waals surface area contributed by atoms with E-state index in [-0.39, 0.29) is 22.4 Å². The van der Waals surface area contributed by atoms with Crippen molar-refractivity contribution in [1.82, 2.24) is 4.31 Å². The van der Waals surface area contributed by atoms with Gasteiger partial charge in [0, 0.05) is 24.7 Å². The molecule has 1 aromatic carbocycles. The highest BCUT2D eigenvalue weighted by atomic mass is 35.5. The molecule has 0 aliphatic heterocycles. The first-order valence-electron chi connectivity index (χ1n) is 6.42. The quantitative estimate of drug-likeness (QED) is 0.866. The van der Waals surface area contributed by atoms with Crippen LogP contribution in [-0.2, 0) is 16.6 Å². The molecule has 7 heteroatoms. The molecule has 1 rings (SSSR count). The van der Waals surface area contributed by atoms with Gasteiger partial charge in [0.05, 0.1) is 5.02 Å². The van der Waals surface area contributed by atoms with E-state index in [1.807, 2.05) is 13.8 Å². The third-order valence-electron chi connectivity index (χ3n) is 2.86. The molecule has 0 unspecified atom stereocenters. The largest absolute Gasteiger partial charge is 0.326 e. The zero-order valence-electron chi connectivity index (χ0n) is 11.9. The molecule has 0 aliphatic rings. The molecule has 0 saturated carbocycles. The van der Waals surface area contributed by atoms with E-state index in [0.29, 0.717) is 23.7 Å². The molecule has 4 nitrogen and oxygen atoms in total. The number of rotatable bonds is 6.